The van der Waals surface area contributed by atoms with Crippen LogP contribution in [-0.4, -0.2) is 21.2 Å². The van der Waals surface area contributed by atoms with Gasteiger partial charge in [0.15, 0.2) is 5.56 Å². The molecule has 1 aromatic heterocycles. The Morgan fingerprint density at radius 2 is 1.93 bits per heavy atom. The van der Waals surface area contributed by atoms with Crippen LogP contribution in [0.15, 0.2) is 29.1 Å². The molecule has 0 fully saturated rings. The first kappa shape index (κ1) is 9.26. The highest BCUT2D eigenvalue weighted by atomic mass is 16.4. The van der Waals surface area contributed by atoms with Crippen molar-refractivity contribution in [3.05, 3.63) is 40.2 Å². The molecule has 0 amide bonds. The highest BCUT2D eigenvalue weighted by molar-refractivity contribution is 5.98. The van der Waals surface area contributed by atoms with Gasteiger partial charge >= 0.3 is 5.97 Å². The molecule has 5 heteroatoms. The summed E-state index contributed by atoms with van der Waals surface area (Å²) in [7, 11) is 0. The molecule has 1 heterocycles. The number of aromatic hydroxyl groups is 1. The summed E-state index contributed by atoms with van der Waals surface area (Å²) in [5.41, 5.74) is -1.03. The van der Waals surface area contributed by atoms with Crippen molar-refractivity contribution in [3.63, 3.8) is 0 Å². The minimum absolute atomic E-state index is 0.314. The van der Waals surface area contributed by atoms with Gasteiger partial charge in [0.05, 0.1) is 5.52 Å². The fourth-order valence-corrected chi connectivity index (χ4v) is 1.42. The van der Waals surface area contributed by atoms with E-state index >= 15 is 0 Å². The van der Waals surface area contributed by atoms with Crippen molar-refractivity contribution < 1.29 is 15.0 Å². The zero-order valence-electron chi connectivity index (χ0n) is 7.52. The van der Waals surface area contributed by atoms with Gasteiger partial charge in [0.2, 0.25) is 0 Å². The first-order valence-corrected chi connectivity index (χ1v) is 4.18. The Hall–Kier alpha value is -2.30. The molecule has 1 aromatic carbocycles. The second-order valence-electron chi connectivity index (χ2n) is 3.03. The number of fused-ring (bicyclic) bond motifs is 1. The van der Waals surface area contributed by atoms with E-state index < -0.39 is 22.8 Å². The number of para-hydroxylation sites is 1. The molecule has 0 bridgehead atoms. The summed E-state index contributed by atoms with van der Waals surface area (Å²) in [4.78, 5) is 24.4. The SMILES string of the molecule is O=C(O)c1c(O)c2ccccc2[nH]c1=O. The third kappa shape index (κ3) is 1.34. The smallest absolute Gasteiger partial charge is 0.345 e. The van der Waals surface area contributed by atoms with Crippen molar-refractivity contribution in [1.82, 2.24) is 4.98 Å². The van der Waals surface area contributed by atoms with Crippen LogP contribution in [0.25, 0.3) is 10.9 Å². The summed E-state index contributed by atoms with van der Waals surface area (Å²) in [6.45, 7) is 0. The molecular weight excluding hydrogens is 198 g/mol. The van der Waals surface area contributed by atoms with Crippen LogP contribution in [0.2, 0.25) is 0 Å². The molecule has 0 aliphatic heterocycles. The Bertz CT molecular complexity index is 600. The predicted molar refractivity (Wildman–Crippen MR) is 53.2 cm³/mol. The average molecular weight is 205 g/mol. The van der Waals surface area contributed by atoms with Crippen LogP contribution in [0.4, 0.5) is 0 Å². The summed E-state index contributed by atoms with van der Waals surface area (Å²) in [6.07, 6.45) is 0. The van der Waals surface area contributed by atoms with Gasteiger partial charge in [0.1, 0.15) is 5.75 Å². The van der Waals surface area contributed by atoms with Gasteiger partial charge < -0.3 is 15.2 Å². The van der Waals surface area contributed by atoms with Gasteiger partial charge in [-0.05, 0) is 12.1 Å². The summed E-state index contributed by atoms with van der Waals surface area (Å²) in [5.74, 6) is -1.94. The number of pyridine rings is 1. The molecule has 5 nitrogen and oxygen atoms in total. The number of benzene rings is 1. The third-order valence-electron chi connectivity index (χ3n) is 2.11. The fraction of sp³-hybridized carbons (Fsp3) is 0. The molecular formula is C10H7NO4. The zero-order chi connectivity index (χ0) is 11.0. The van der Waals surface area contributed by atoms with E-state index in [-0.39, 0.29) is 0 Å². The lowest BCUT2D eigenvalue weighted by atomic mass is 10.1. The maximum absolute atomic E-state index is 11.3. The lowest BCUT2D eigenvalue weighted by molar-refractivity contribution is 0.0692. The summed E-state index contributed by atoms with van der Waals surface area (Å²) < 4.78 is 0. The fourth-order valence-electron chi connectivity index (χ4n) is 1.42. The van der Waals surface area contributed by atoms with Gasteiger partial charge in [-0.1, -0.05) is 12.1 Å². The molecule has 0 saturated heterocycles. The summed E-state index contributed by atoms with van der Waals surface area (Å²) in [6, 6.07) is 6.44. The van der Waals surface area contributed by atoms with Crippen LogP contribution >= 0.6 is 0 Å². The molecule has 3 N–H and O–H groups in total. The maximum atomic E-state index is 11.3. The topological polar surface area (TPSA) is 90.4 Å². The molecule has 2 aromatic rings. The number of hydrogen-bond donors (Lipinski definition) is 3. The molecule has 0 spiro atoms. The van der Waals surface area contributed by atoms with E-state index in [0.29, 0.717) is 10.9 Å². The van der Waals surface area contributed by atoms with Crippen molar-refractivity contribution in [1.29, 1.82) is 0 Å². The van der Waals surface area contributed by atoms with Gasteiger partial charge in [-0.25, -0.2) is 4.79 Å². The number of hydrogen-bond acceptors (Lipinski definition) is 3. The van der Waals surface area contributed by atoms with E-state index in [1.807, 2.05) is 0 Å². The van der Waals surface area contributed by atoms with Crippen LogP contribution in [0, 0.1) is 0 Å². The van der Waals surface area contributed by atoms with Gasteiger partial charge in [0.25, 0.3) is 5.56 Å². The van der Waals surface area contributed by atoms with Crippen molar-refractivity contribution >= 4 is 16.9 Å². The number of aromatic nitrogens is 1. The second kappa shape index (κ2) is 3.13. The Kier molecular flexibility index (Phi) is 1.93. The standard InChI is InChI=1S/C10H7NO4/c12-8-5-3-1-2-4-6(5)11-9(13)7(8)10(14)15/h1-4H,(H,14,15)(H2,11,12,13). The van der Waals surface area contributed by atoms with Crippen molar-refractivity contribution in [3.8, 4) is 5.75 Å². The second-order valence-corrected chi connectivity index (χ2v) is 3.03. The summed E-state index contributed by atoms with van der Waals surface area (Å²) >= 11 is 0. The Balaban J connectivity index is 2.97. The van der Waals surface area contributed by atoms with Gasteiger partial charge in [0, 0.05) is 5.39 Å². The normalized spacial score (nSPS) is 10.4. The van der Waals surface area contributed by atoms with Crippen LogP contribution in [0.5, 0.6) is 5.75 Å². The number of carbonyl (C=O) groups is 1. The lowest BCUT2D eigenvalue weighted by Crippen LogP contribution is -2.17. The van der Waals surface area contributed by atoms with E-state index in [9.17, 15) is 14.7 Å². The van der Waals surface area contributed by atoms with E-state index in [1.54, 1.807) is 18.2 Å². The number of nitrogens with one attached hydrogen (secondary N) is 1. The number of aromatic amines is 1. The Labute approximate surface area is 83.6 Å². The number of carboxylic acid groups (broad SMARTS) is 1. The van der Waals surface area contributed by atoms with Gasteiger partial charge in [-0.3, -0.25) is 4.79 Å². The first-order chi connectivity index (χ1) is 7.11. The lowest BCUT2D eigenvalue weighted by Gasteiger charge is -2.03. The zero-order valence-corrected chi connectivity index (χ0v) is 7.52. The molecule has 2 rings (SSSR count). The highest BCUT2D eigenvalue weighted by Gasteiger charge is 2.17. The highest BCUT2D eigenvalue weighted by Crippen LogP contribution is 2.23. The first-order valence-electron chi connectivity index (χ1n) is 4.18. The van der Waals surface area contributed by atoms with Gasteiger partial charge in [-0.2, -0.15) is 0 Å². The third-order valence-corrected chi connectivity index (χ3v) is 2.11. The van der Waals surface area contributed by atoms with Crippen LogP contribution in [0.1, 0.15) is 10.4 Å². The van der Waals surface area contributed by atoms with E-state index in [0.717, 1.165) is 0 Å². The Morgan fingerprint density at radius 1 is 1.27 bits per heavy atom. The number of aromatic carboxylic acids is 1. The van der Waals surface area contributed by atoms with E-state index in [2.05, 4.69) is 4.98 Å². The van der Waals surface area contributed by atoms with E-state index in [4.69, 9.17) is 5.11 Å². The molecule has 0 atom stereocenters. The number of rotatable bonds is 1. The molecule has 0 unspecified atom stereocenters. The van der Waals surface area contributed by atoms with Gasteiger partial charge in [-0.15, -0.1) is 0 Å². The Morgan fingerprint density at radius 3 is 2.60 bits per heavy atom. The quantitative estimate of drug-likeness (QED) is 0.646. The summed E-state index contributed by atoms with van der Waals surface area (Å²) in [5, 5.41) is 18.6. The minimum Gasteiger partial charge on any atom is -0.506 e. The van der Waals surface area contributed by atoms with Crippen LogP contribution in [0.3, 0.4) is 0 Å². The predicted octanol–water partition coefficient (Wildman–Crippen LogP) is 0.932. The maximum Gasteiger partial charge on any atom is 0.345 e. The number of carboxylic acids is 1. The largest absolute Gasteiger partial charge is 0.506 e. The molecule has 0 aliphatic rings. The van der Waals surface area contributed by atoms with Crippen molar-refractivity contribution in [2.24, 2.45) is 0 Å². The van der Waals surface area contributed by atoms with E-state index in [1.165, 1.54) is 6.07 Å². The minimum atomic E-state index is -1.44. The molecule has 76 valence electrons. The molecule has 0 radical (unpaired) electrons. The van der Waals surface area contributed by atoms with Crippen LogP contribution < -0.4 is 5.56 Å². The molecule has 0 saturated carbocycles. The average Bonchev–Trinajstić information content (AvgIpc) is 2.17. The monoisotopic (exact) mass is 205 g/mol. The van der Waals surface area contributed by atoms with Crippen molar-refractivity contribution in [2.75, 3.05) is 0 Å². The van der Waals surface area contributed by atoms with Crippen LogP contribution in [-0.2, 0) is 0 Å². The number of H-pyrrole nitrogens is 1. The molecule has 0 aliphatic carbocycles. The van der Waals surface area contributed by atoms with Crippen molar-refractivity contribution in [2.45, 2.75) is 0 Å². The molecule has 15 heavy (non-hydrogen) atoms.